The summed E-state index contributed by atoms with van der Waals surface area (Å²) >= 11 is 0. The van der Waals surface area contributed by atoms with Crippen molar-refractivity contribution in [2.24, 2.45) is 0 Å². The predicted molar refractivity (Wildman–Crippen MR) is 110 cm³/mol. The predicted octanol–water partition coefficient (Wildman–Crippen LogP) is 3.41. The van der Waals surface area contributed by atoms with E-state index in [0.717, 1.165) is 17.0 Å². The topological polar surface area (TPSA) is 77.0 Å². The first kappa shape index (κ1) is 18.3. The number of hydrogen-bond acceptors (Lipinski definition) is 5. The third-order valence-corrected chi connectivity index (χ3v) is 5.46. The van der Waals surface area contributed by atoms with E-state index >= 15 is 0 Å². The van der Waals surface area contributed by atoms with Gasteiger partial charge in [0.1, 0.15) is 5.82 Å². The molecule has 0 aliphatic carbocycles. The maximum absolute atomic E-state index is 13.1. The van der Waals surface area contributed by atoms with Crippen LogP contribution in [-0.2, 0) is 13.1 Å². The molecule has 7 nitrogen and oxygen atoms in total. The van der Waals surface area contributed by atoms with Crippen molar-refractivity contribution in [1.82, 2.24) is 24.6 Å². The van der Waals surface area contributed by atoms with Crippen molar-refractivity contribution in [3.8, 4) is 0 Å². The van der Waals surface area contributed by atoms with E-state index in [1.807, 2.05) is 54.7 Å². The van der Waals surface area contributed by atoms with Crippen LogP contribution in [0.4, 0.5) is 0 Å². The van der Waals surface area contributed by atoms with Gasteiger partial charge in [0.2, 0.25) is 5.76 Å². The molecule has 1 amide bonds. The van der Waals surface area contributed by atoms with Gasteiger partial charge < -0.3 is 14.0 Å². The molecule has 1 aromatic carbocycles. The molecule has 0 saturated carbocycles. The second-order valence-corrected chi connectivity index (χ2v) is 7.54. The van der Waals surface area contributed by atoms with E-state index < -0.39 is 0 Å². The van der Waals surface area contributed by atoms with Crippen LogP contribution in [0.25, 0.3) is 0 Å². The average Bonchev–Trinajstić information content (AvgIpc) is 3.42. The fourth-order valence-electron chi connectivity index (χ4n) is 4.06. The van der Waals surface area contributed by atoms with Crippen molar-refractivity contribution in [3.63, 3.8) is 0 Å². The number of carbonyl (C=O) groups is 1. The number of aromatic nitrogens is 4. The molecule has 1 atom stereocenters. The number of imidazole rings is 1. The number of amides is 1. The number of rotatable bonds is 4. The van der Waals surface area contributed by atoms with Crippen LogP contribution in [0.3, 0.4) is 0 Å². The number of nitrogens with zero attached hydrogens (tertiary/aromatic N) is 5. The second kappa shape index (κ2) is 7.59. The van der Waals surface area contributed by atoms with Crippen molar-refractivity contribution in [2.75, 3.05) is 6.54 Å². The number of pyridine rings is 1. The van der Waals surface area contributed by atoms with E-state index in [-0.39, 0.29) is 17.6 Å². The zero-order valence-corrected chi connectivity index (χ0v) is 16.6. The Hall–Kier alpha value is -3.74. The number of carbonyl (C=O) groups excluding carboxylic acids is 1. The molecule has 30 heavy (non-hydrogen) atoms. The van der Waals surface area contributed by atoms with Gasteiger partial charge in [0.25, 0.3) is 5.91 Å². The molecule has 0 saturated heterocycles. The summed E-state index contributed by atoms with van der Waals surface area (Å²) in [6.07, 6.45) is 7.42. The number of aryl methyl sites for hydroxylation is 1. The van der Waals surface area contributed by atoms with Gasteiger partial charge in [-0.15, -0.1) is 0 Å². The minimum absolute atomic E-state index is 0.0328. The van der Waals surface area contributed by atoms with Crippen LogP contribution in [0.2, 0.25) is 0 Å². The quantitative estimate of drug-likeness (QED) is 0.526. The van der Waals surface area contributed by atoms with Crippen LogP contribution in [0.5, 0.6) is 0 Å². The molecule has 4 heterocycles. The van der Waals surface area contributed by atoms with Gasteiger partial charge in [-0.25, -0.2) is 4.98 Å². The van der Waals surface area contributed by atoms with Gasteiger partial charge in [0, 0.05) is 43.9 Å². The van der Waals surface area contributed by atoms with Crippen LogP contribution in [0.1, 0.15) is 44.7 Å². The molecule has 7 heteroatoms. The largest absolute Gasteiger partial charge is 0.351 e. The minimum Gasteiger partial charge on any atom is -0.351 e. The lowest BCUT2D eigenvalue weighted by Gasteiger charge is -2.34. The Morgan fingerprint density at radius 2 is 2.10 bits per heavy atom. The van der Waals surface area contributed by atoms with Crippen LogP contribution < -0.4 is 0 Å². The molecule has 0 spiro atoms. The number of fused-ring (bicyclic) bond motifs is 1. The van der Waals surface area contributed by atoms with Gasteiger partial charge in [-0.2, -0.15) is 0 Å². The fraction of sp³-hybridized carbons (Fsp3) is 0.217. The van der Waals surface area contributed by atoms with Crippen LogP contribution >= 0.6 is 0 Å². The lowest BCUT2D eigenvalue weighted by molar-refractivity contribution is 0.0680. The third kappa shape index (κ3) is 3.39. The van der Waals surface area contributed by atoms with Gasteiger partial charge in [-0.1, -0.05) is 35.5 Å². The molecule has 0 unspecified atom stereocenters. The molecule has 1 aliphatic heterocycles. The lowest BCUT2D eigenvalue weighted by atomic mass is 9.88. The summed E-state index contributed by atoms with van der Waals surface area (Å²) in [5.74, 6) is 1.01. The van der Waals surface area contributed by atoms with Crippen LogP contribution in [0.15, 0.2) is 71.8 Å². The molecular weight excluding hydrogens is 378 g/mol. The summed E-state index contributed by atoms with van der Waals surface area (Å²) in [5.41, 5.74) is 4.12. The summed E-state index contributed by atoms with van der Waals surface area (Å²) in [6.45, 7) is 3.55. The Morgan fingerprint density at radius 1 is 1.20 bits per heavy atom. The molecule has 1 aliphatic rings. The highest BCUT2D eigenvalue weighted by Gasteiger charge is 2.33. The molecular formula is C23H21N5O2. The monoisotopic (exact) mass is 399 g/mol. The van der Waals surface area contributed by atoms with Gasteiger partial charge in [0.05, 0.1) is 18.2 Å². The minimum atomic E-state index is -0.152. The van der Waals surface area contributed by atoms with Crippen molar-refractivity contribution < 1.29 is 9.32 Å². The van der Waals surface area contributed by atoms with Gasteiger partial charge in [-0.3, -0.25) is 9.78 Å². The SMILES string of the molecule is Cc1cc(C(=O)N2Cc3ccccc3[C@H](c3nccn3Cc3cccnc3)C2)on1. The zero-order chi connectivity index (χ0) is 20.5. The first-order valence-corrected chi connectivity index (χ1v) is 9.89. The highest BCUT2D eigenvalue weighted by molar-refractivity contribution is 5.91. The first-order valence-electron chi connectivity index (χ1n) is 9.89. The molecule has 3 aromatic heterocycles. The smallest absolute Gasteiger partial charge is 0.292 e. The van der Waals surface area contributed by atoms with E-state index in [2.05, 4.69) is 31.8 Å². The number of hydrogen-bond donors (Lipinski definition) is 0. The molecule has 0 bridgehead atoms. The Kier molecular flexibility index (Phi) is 4.63. The van der Waals surface area contributed by atoms with Crippen molar-refractivity contribution in [3.05, 3.63) is 101 Å². The van der Waals surface area contributed by atoms with Crippen LogP contribution in [0, 0.1) is 6.92 Å². The summed E-state index contributed by atoms with van der Waals surface area (Å²) < 4.78 is 7.36. The van der Waals surface area contributed by atoms with Gasteiger partial charge >= 0.3 is 0 Å². The van der Waals surface area contributed by atoms with E-state index in [1.165, 1.54) is 5.56 Å². The standard InChI is InChI=1S/C23H21N5O2/c1-16-11-21(30-26-16)23(29)28-14-18-6-2-3-7-19(18)20(15-28)22-25-9-10-27(22)13-17-5-4-8-24-12-17/h2-12,20H,13-15H2,1H3/t20-/m1/s1. The average molecular weight is 399 g/mol. The zero-order valence-electron chi connectivity index (χ0n) is 16.6. The summed E-state index contributed by atoms with van der Waals surface area (Å²) in [4.78, 5) is 23.8. The van der Waals surface area contributed by atoms with Gasteiger partial charge in [0.15, 0.2) is 0 Å². The van der Waals surface area contributed by atoms with E-state index in [1.54, 1.807) is 12.3 Å². The normalized spacial score (nSPS) is 15.8. The van der Waals surface area contributed by atoms with Crippen molar-refractivity contribution >= 4 is 5.91 Å². The Bertz CT molecular complexity index is 1180. The highest BCUT2D eigenvalue weighted by Crippen LogP contribution is 2.33. The van der Waals surface area contributed by atoms with E-state index in [4.69, 9.17) is 4.52 Å². The summed E-state index contributed by atoms with van der Waals surface area (Å²) in [6, 6.07) is 13.9. The van der Waals surface area contributed by atoms with E-state index in [9.17, 15) is 4.79 Å². The highest BCUT2D eigenvalue weighted by atomic mass is 16.5. The Labute approximate surface area is 174 Å². The first-order chi connectivity index (χ1) is 14.7. The Balaban J connectivity index is 1.50. The maximum atomic E-state index is 13.1. The summed E-state index contributed by atoms with van der Waals surface area (Å²) in [5, 5.41) is 3.86. The maximum Gasteiger partial charge on any atom is 0.292 e. The molecule has 4 aromatic rings. The van der Waals surface area contributed by atoms with E-state index in [0.29, 0.717) is 25.3 Å². The molecule has 0 radical (unpaired) electrons. The van der Waals surface area contributed by atoms with Crippen molar-refractivity contribution in [2.45, 2.75) is 25.9 Å². The molecule has 0 fully saturated rings. The third-order valence-electron chi connectivity index (χ3n) is 5.46. The Morgan fingerprint density at radius 3 is 2.90 bits per heavy atom. The molecule has 5 rings (SSSR count). The van der Waals surface area contributed by atoms with Crippen LogP contribution in [-0.4, -0.2) is 37.0 Å². The van der Waals surface area contributed by atoms with Gasteiger partial charge in [-0.05, 0) is 29.7 Å². The number of benzene rings is 1. The van der Waals surface area contributed by atoms with Crippen molar-refractivity contribution in [1.29, 1.82) is 0 Å². The second-order valence-electron chi connectivity index (χ2n) is 7.54. The lowest BCUT2D eigenvalue weighted by Crippen LogP contribution is -2.39. The molecule has 0 N–H and O–H groups in total. The summed E-state index contributed by atoms with van der Waals surface area (Å²) in [7, 11) is 0. The fourth-order valence-corrected chi connectivity index (χ4v) is 4.06. The molecule has 150 valence electrons.